The summed E-state index contributed by atoms with van der Waals surface area (Å²) in [6.45, 7) is 7.77. The lowest BCUT2D eigenvalue weighted by atomic mass is 9.90. The van der Waals surface area contributed by atoms with Gasteiger partial charge in [-0.25, -0.2) is 4.98 Å². The summed E-state index contributed by atoms with van der Waals surface area (Å²) in [6, 6.07) is 0.264. The minimum Gasteiger partial charge on any atom is -0.374 e. The van der Waals surface area contributed by atoms with E-state index in [1.807, 2.05) is 4.90 Å². The number of fused-ring (bicyclic) bond motifs is 1. The first-order chi connectivity index (χ1) is 9.97. The first kappa shape index (κ1) is 15.0. The molecule has 0 bridgehead atoms. The van der Waals surface area contributed by atoms with Crippen molar-refractivity contribution >= 4 is 17.2 Å². The van der Waals surface area contributed by atoms with Crippen LogP contribution in [0.2, 0.25) is 0 Å². The normalized spacial score (nSPS) is 26.5. The first-order valence-electron chi connectivity index (χ1n) is 7.86. The highest BCUT2D eigenvalue weighted by Gasteiger charge is 2.37. The summed E-state index contributed by atoms with van der Waals surface area (Å²) < 4.78 is 5.85. The molecule has 0 N–H and O–H groups in total. The smallest absolute Gasteiger partial charge is 0.265 e. The molecule has 1 saturated carbocycles. The second kappa shape index (κ2) is 5.69. The number of amides is 1. The van der Waals surface area contributed by atoms with Gasteiger partial charge in [0.2, 0.25) is 0 Å². The zero-order valence-corrected chi connectivity index (χ0v) is 13.9. The van der Waals surface area contributed by atoms with E-state index in [1.165, 1.54) is 24.2 Å². The van der Waals surface area contributed by atoms with Crippen molar-refractivity contribution in [1.29, 1.82) is 0 Å². The van der Waals surface area contributed by atoms with Crippen molar-refractivity contribution in [3.8, 4) is 0 Å². The molecule has 2 aliphatic rings. The van der Waals surface area contributed by atoms with Gasteiger partial charge in [0.05, 0.1) is 30.0 Å². The monoisotopic (exact) mass is 308 g/mol. The lowest BCUT2D eigenvalue weighted by molar-refractivity contribution is -0.0751. The first-order valence-corrected chi connectivity index (χ1v) is 8.67. The fourth-order valence-corrected chi connectivity index (χ4v) is 4.14. The van der Waals surface area contributed by atoms with E-state index in [4.69, 9.17) is 4.74 Å². The predicted molar refractivity (Wildman–Crippen MR) is 83.8 cm³/mol. The summed E-state index contributed by atoms with van der Waals surface area (Å²) in [5.74, 6) is 0.142. The Morgan fingerprint density at radius 3 is 2.86 bits per heavy atom. The van der Waals surface area contributed by atoms with Crippen LogP contribution in [0.3, 0.4) is 0 Å². The summed E-state index contributed by atoms with van der Waals surface area (Å²) in [5, 5.41) is 1.03. The second-order valence-electron chi connectivity index (χ2n) is 7.04. The zero-order valence-electron chi connectivity index (χ0n) is 13.1. The number of carbonyl (C=O) groups excluding carboxylic acids is 1. The molecule has 1 aliphatic heterocycles. The van der Waals surface area contributed by atoms with Crippen LogP contribution in [0.5, 0.6) is 0 Å². The molecule has 0 spiro atoms. The van der Waals surface area contributed by atoms with Crippen LogP contribution in [0, 0.1) is 0 Å². The van der Waals surface area contributed by atoms with Crippen LogP contribution in [-0.2, 0) is 10.2 Å². The number of aromatic nitrogens is 1. The van der Waals surface area contributed by atoms with E-state index in [0.717, 1.165) is 22.7 Å². The molecule has 2 heterocycles. The van der Waals surface area contributed by atoms with Crippen LogP contribution >= 0.6 is 11.3 Å². The van der Waals surface area contributed by atoms with E-state index < -0.39 is 0 Å². The van der Waals surface area contributed by atoms with Crippen LogP contribution in [0.15, 0.2) is 6.20 Å². The third kappa shape index (κ3) is 2.99. The number of ether oxygens (including phenoxy) is 1. The number of hydrogen-bond donors (Lipinski definition) is 0. The molecule has 5 heteroatoms. The van der Waals surface area contributed by atoms with E-state index >= 15 is 0 Å². The van der Waals surface area contributed by atoms with Gasteiger partial charge in [0.15, 0.2) is 0 Å². The summed E-state index contributed by atoms with van der Waals surface area (Å²) in [7, 11) is 0. The Bertz CT molecular complexity index is 519. The number of rotatable bonds is 1. The second-order valence-corrected chi connectivity index (χ2v) is 8.07. The molecule has 1 amide bonds. The average molecular weight is 308 g/mol. The van der Waals surface area contributed by atoms with Crippen LogP contribution in [0.4, 0.5) is 0 Å². The number of carbonyl (C=O) groups is 1. The fourth-order valence-electron chi connectivity index (χ4n) is 3.21. The quantitative estimate of drug-likeness (QED) is 0.800. The summed E-state index contributed by atoms with van der Waals surface area (Å²) in [5.41, 5.74) is 0.00157. The Labute approximate surface area is 130 Å². The van der Waals surface area contributed by atoms with Crippen LogP contribution in [0.1, 0.15) is 61.1 Å². The van der Waals surface area contributed by atoms with Gasteiger partial charge >= 0.3 is 0 Å². The summed E-state index contributed by atoms with van der Waals surface area (Å²) in [6.07, 6.45) is 6.57. The summed E-state index contributed by atoms with van der Waals surface area (Å²) >= 11 is 1.54. The molecule has 116 valence electrons. The van der Waals surface area contributed by atoms with Crippen molar-refractivity contribution < 1.29 is 9.53 Å². The lowest BCUT2D eigenvalue weighted by Gasteiger charge is -2.43. The molecular weight excluding hydrogens is 284 g/mol. The Balaban J connectivity index is 1.79. The van der Waals surface area contributed by atoms with Gasteiger partial charge in [-0.05, 0) is 12.8 Å². The molecule has 1 saturated heterocycles. The molecule has 1 aromatic rings. The minimum absolute atomic E-state index is 0.00157. The van der Waals surface area contributed by atoms with E-state index in [9.17, 15) is 4.79 Å². The largest absolute Gasteiger partial charge is 0.374 e. The molecule has 4 nitrogen and oxygen atoms in total. The SMILES string of the molecule is CC(C)(C)c1ncc(C(=O)N2CCOC3CCCCC32)s1. The van der Waals surface area contributed by atoms with Crippen molar-refractivity contribution in [3.63, 3.8) is 0 Å². The third-order valence-corrected chi connectivity index (χ3v) is 5.76. The van der Waals surface area contributed by atoms with Crippen molar-refractivity contribution in [2.24, 2.45) is 0 Å². The highest BCUT2D eigenvalue weighted by molar-refractivity contribution is 7.13. The number of nitrogens with zero attached hydrogens (tertiary/aromatic N) is 2. The summed E-state index contributed by atoms with van der Waals surface area (Å²) in [4.78, 5) is 20.1. The van der Waals surface area contributed by atoms with Crippen molar-refractivity contribution in [3.05, 3.63) is 16.1 Å². The van der Waals surface area contributed by atoms with E-state index in [0.29, 0.717) is 13.2 Å². The van der Waals surface area contributed by atoms with Gasteiger partial charge in [-0.2, -0.15) is 0 Å². The molecule has 3 rings (SSSR count). The Morgan fingerprint density at radius 1 is 1.38 bits per heavy atom. The molecule has 1 aromatic heterocycles. The van der Waals surface area contributed by atoms with Crippen molar-refractivity contribution in [2.45, 2.75) is 64.0 Å². The Morgan fingerprint density at radius 2 is 2.14 bits per heavy atom. The van der Waals surface area contributed by atoms with Crippen molar-refractivity contribution in [2.75, 3.05) is 13.2 Å². The fraction of sp³-hybridized carbons (Fsp3) is 0.750. The van der Waals surface area contributed by atoms with Gasteiger partial charge < -0.3 is 9.64 Å². The van der Waals surface area contributed by atoms with Gasteiger partial charge in [0, 0.05) is 12.0 Å². The molecular formula is C16H24N2O2S. The van der Waals surface area contributed by atoms with E-state index in [2.05, 4.69) is 25.8 Å². The molecule has 2 unspecified atom stereocenters. The molecule has 2 fully saturated rings. The minimum atomic E-state index is 0.00157. The zero-order chi connectivity index (χ0) is 15.0. The van der Waals surface area contributed by atoms with Gasteiger partial charge in [-0.1, -0.05) is 33.6 Å². The van der Waals surface area contributed by atoms with Crippen molar-refractivity contribution in [1.82, 2.24) is 9.88 Å². The number of thiazole rings is 1. The molecule has 21 heavy (non-hydrogen) atoms. The standard InChI is InChI=1S/C16H24N2O2S/c1-16(2,3)15-17-10-13(21-15)14(19)18-8-9-20-12-7-5-4-6-11(12)18/h10-12H,4-9H2,1-3H3. The topological polar surface area (TPSA) is 42.4 Å². The number of morpholine rings is 1. The van der Waals surface area contributed by atoms with Gasteiger partial charge in [0.25, 0.3) is 5.91 Å². The van der Waals surface area contributed by atoms with Crippen LogP contribution in [0.25, 0.3) is 0 Å². The highest BCUT2D eigenvalue weighted by Crippen LogP contribution is 2.32. The van der Waals surface area contributed by atoms with E-state index in [-0.39, 0.29) is 23.5 Å². The third-order valence-electron chi connectivity index (χ3n) is 4.35. The maximum Gasteiger partial charge on any atom is 0.265 e. The predicted octanol–water partition coefficient (Wildman–Crippen LogP) is 3.22. The number of hydrogen-bond acceptors (Lipinski definition) is 4. The maximum atomic E-state index is 12.8. The highest BCUT2D eigenvalue weighted by atomic mass is 32.1. The molecule has 2 atom stereocenters. The van der Waals surface area contributed by atoms with Gasteiger partial charge in [0.1, 0.15) is 4.88 Å². The molecule has 0 radical (unpaired) electrons. The average Bonchev–Trinajstić information content (AvgIpc) is 2.96. The van der Waals surface area contributed by atoms with E-state index in [1.54, 1.807) is 6.20 Å². The Hall–Kier alpha value is -0.940. The van der Waals surface area contributed by atoms with Gasteiger partial charge in [-0.15, -0.1) is 11.3 Å². The molecule has 1 aliphatic carbocycles. The lowest BCUT2D eigenvalue weighted by Crippen LogP contribution is -2.54. The maximum absolute atomic E-state index is 12.8. The van der Waals surface area contributed by atoms with Crippen LogP contribution in [-0.4, -0.2) is 41.1 Å². The van der Waals surface area contributed by atoms with Gasteiger partial charge in [-0.3, -0.25) is 4.79 Å². The molecule has 0 aromatic carbocycles. The Kier molecular flexibility index (Phi) is 4.06. The van der Waals surface area contributed by atoms with Crippen LogP contribution < -0.4 is 0 Å².